The minimum atomic E-state index is -0.358. The molecular weight excluding hydrogens is 261 g/mol. The van der Waals surface area contributed by atoms with E-state index in [1.807, 2.05) is 0 Å². The van der Waals surface area contributed by atoms with Gasteiger partial charge in [-0.05, 0) is 36.7 Å². The zero-order valence-corrected chi connectivity index (χ0v) is 10.9. The van der Waals surface area contributed by atoms with Gasteiger partial charge in [-0.1, -0.05) is 0 Å². The molecule has 0 fully saturated rings. The maximum absolute atomic E-state index is 13.5. The first-order chi connectivity index (χ1) is 9.78. The van der Waals surface area contributed by atoms with Crippen LogP contribution in [0.15, 0.2) is 36.5 Å². The topological polar surface area (TPSA) is 67.3 Å². The van der Waals surface area contributed by atoms with Crippen molar-refractivity contribution in [1.82, 2.24) is 15.5 Å². The third-order valence-corrected chi connectivity index (χ3v) is 2.58. The van der Waals surface area contributed by atoms with E-state index >= 15 is 0 Å². The van der Waals surface area contributed by atoms with Crippen molar-refractivity contribution in [3.8, 4) is 11.6 Å². The number of aromatic nitrogens is 2. The van der Waals surface area contributed by atoms with Crippen LogP contribution in [-0.2, 0) is 6.42 Å². The van der Waals surface area contributed by atoms with E-state index < -0.39 is 0 Å². The Balaban J connectivity index is 0.00000220. The van der Waals surface area contributed by atoms with Crippen LogP contribution in [-0.4, -0.2) is 35.0 Å². The van der Waals surface area contributed by atoms with Crippen LogP contribution in [0.4, 0.5) is 4.39 Å². The molecule has 0 aliphatic rings. The average Bonchev–Trinajstić information content (AvgIpc) is 2.44. The lowest BCUT2D eigenvalue weighted by atomic mass is 10.1. The molecule has 0 atom stereocenters. The van der Waals surface area contributed by atoms with E-state index in [-0.39, 0.29) is 13.9 Å². The van der Waals surface area contributed by atoms with Crippen LogP contribution in [0.3, 0.4) is 0 Å². The molecule has 0 unspecified atom stereocenters. The van der Waals surface area contributed by atoms with E-state index in [9.17, 15) is 4.39 Å². The van der Waals surface area contributed by atoms with Crippen LogP contribution in [0.2, 0.25) is 0 Å². The Morgan fingerprint density at radius 2 is 2.20 bits per heavy atom. The monoisotopic (exact) mass is 279 g/mol. The van der Waals surface area contributed by atoms with Crippen molar-refractivity contribution in [1.29, 1.82) is 0 Å². The predicted octanol–water partition coefficient (Wildman–Crippen LogP) is 1.78. The second-order valence-electron chi connectivity index (χ2n) is 4.18. The van der Waals surface area contributed by atoms with Gasteiger partial charge < -0.3 is 15.2 Å². The first kappa shape index (κ1) is 14.4. The number of halogens is 1. The zero-order valence-electron chi connectivity index (χ0n) is 10.9. The zero-order chi connectivity index (χ0) is 14.2. The second kappa shape index (κ2) is 7.52. The summed E-state index contributed by atoms with van der Waals surface area (Å²) in [6, 6.07) is 7.88. The highest BCUT2D eigenvalue weighted by Gasteiger charge is 2.04. The first-order valence-electron chi connectivity index (χ1n) is 6.34. The Hall–Kier alpha value is -2.05. The third-order valence-electron chi connectivity index (χ3n) is 2.58. The highest BCUT2D eigenvalue weighted by atomic mass is 19.1. The van der Waals surface area contributed by atoms with Crippen LogP contribution in [0, 0.1) is 5.82 Å². The maximum atomic E-state index is 13.5. The van der Waals surface area contributed by atoms with Gasteiger partial charge in [-0.3, -0.25) is 0 Å². The van der Waals surface area contributed by atoms with E-state index in [0.717, 1.165) is 5.56 Å². The van der Waals surface area contributed by atoms with Crippen LogP contribution in [0.1, 0.15) is 6.99 Å². The summed E-state index contributed by atoms with van der Waals surface area (Å²) in [5.74, 6) is 0.355. The van der Waals surface area contributed by atoms with Crippen molar-refractivity contribution >= 4 is 0 Å². The highest BCUT2D eigenvalue weighted by Crippen LogP contribution is 2.21. The largest absolute Gasteiger partial charge is 0.437 e. The molecule has 1 heterocycles. The predicted molar refractivity (Wildman–Crippen MR) is 74.3 cm³/mol. The normalized spacial score (nSPS) is 10.5. The van der Waals surface area contributed by atoms with Crippen molar-refractivity contribution in [2.24, 2.45) is 0 Å². The first-order valence-corrected chi connectivity index (χ1v) is 6.34. The van der Waals surface area contributed by atoms with Crippen molar-refractivity contribution < 1.29 is 15.7 Å². The number of aliphatic hydroxyl groups excluding tert-OH is 1. The van der Waals surface area contributed by atoms with Gasteiger partial charge in [0, 0.05) is 26.3 Å². The Morgan fingerprint density at radius 1 is 1.30 bits per heavy atom. The summed E-state index contributed by atoms with van der Waals surface area (Å²) in [5, 5.41) is 19.2. The third kappa shape index (κ3) is 4.56. The smallest absolute Gasteiger partial charge is 0.238 e. The molecule has 5 nitrogen and oxygen atoms in total. The van der Waals surface area contributed by atoms with E-state index in [0.29, 0.717) is 31.1 Å². The van der Waals surface area contributed by atoms with Crippen LogP contribution in [0.25, 0.3) is 0 Å². The fraction of sp³-hybridized carbons (Fsp3) is 0.286. The van der Waals surface area contributed by atoms with Gasteiger partial charge in [0.1, 0.15) is 11.6 Å². The molecule has 2 rings (SSSR count). The number of rotatable bonds is 7. The van der Waals surface area contributed by atoms with E-state index in [4.69, 9.17) is 9.84 Å². The molecule has 108 valence electrons. The molecule has 0 amide bonds. The van der Waals surface area contributed by atoms with Crippen molar-refractivity contribution in [2.75, 3.05) is 19.7 Å². The van der Waals surface area contributed by atoms with E-state index in [1.165, 1.54) is 18.3 Å². The van der Waals surface area contributed by atoms with E-state index in [2.05, 4.69) is 15.5 Å². The molecule has 0 saturated heterocycles. The van der Waals surface area contributed by atoms with Gasteiger partial charge in [0.25, 0.3) is 0 Å². The molecule has 0 bridgehead atoms. The lowest BCUT2D eigenvalue weighted by molar-refractivity contribution is 0.293. The van der Waals surface area contributed by atoms with Gasteiger partial charge in [0.15, 0.2) is 0 Å². The summed E-state index contributed by atoms with van der Waals surface area (Å²) < 4.78 is 19.0. The number of aliphatic hydroxyl groups is 1. The van der Waals surface area contributed by atoms with Gasteiger partial charge in [0.05, 0.1) is 6.61 Å². The van der Waals surface area contributed by atoms with Gasteiger partial charge in [-0.2, -0.15) is 5.10 Å². The van der Waals surface area contributed by atoms with Gasteiger partial charge >= 0.3 is 0 Å². The summed E-state index contributed by atoms with van der Waals surface area (Å²) in [4.78, 5) is 0. The number of benzene rings is 1. The molecule has 2 aromatic rings. The van der Waals surface area contributed by atoms with Crippen molar-refractivity contribution in [2.45, 2.75) is 6.42 Å². The maximum Gasteiger partial charge on any atom is 0.238 e. The quantitative estimate of drug-likeness (QED) is 0.756. The van der Waals surface area contributed by atoms with Crippen molar-refractivity contribution in [3.63, 3.8) is 0 Å². The summed E-state index contributed by atoms with van der Waals surface area (Å²) in [7, 11) is 0. The average molecular weight is 279 g/mol. The van der Waals surface area contributed by atoms with Gasteiger partial charge in [-0.25, -0.2) is 4.39 Å². The number of nitrogens with one attached hydrogen (secondary N) is 1. The summed E-state index contributed by atoms with van der Waals surface area (Å²) in [5.41, 5.74) is 0.814. The molecule has 0 spiro atoms. The highest BCUT2D eigenvalue weighted by molar-refractivity contribution is 5.32. The lowest BCUT2D eigenvalue weighted by Crippen LogP contribution is -2.20. The van der Waals surface area contributed by atoms with Crippen LogP contribution >= 0.6 is 0 Å². The fourth-order valence-electron chi connectivity index (χ4n) is 1.72. The Labute approximate surface area is 117 Å². The molecular formula is C14H18FN3O2. The molecule has 1 aromatic heterocycles. The minimum absolute atomic E-state index is 0. The number of nitrogens with zero attached hydrogens (tertiary/aromatic N) is 2. The summed E-state index contributed by atoms with van der Waals surface area (Å²) in [6.07, 6.45) is 2.19. The molecule has 0 radical (unpaired) electrons. The number of hydrogen-bond donors (Lipinski definition) is 2. The lowest BCUT2D eigenvalue weighted by Gasteiger charge is -2.07. The summed E-state index contributed by atoms with van der Waals surface area (Å²) in [6.45, 7) is 1.27. The minimum Gasteiger partial charge on any atom is -0.437 e. The fourth-order valence-corrected chi connectivity index (χ4v) is 1.72. The molecule has 1 aromatic carbocycles. The Bertz CT molecular complexity index is 543. The van der Waals surface area contributed by atoms with Crippen molar-refractivity contribution in [3.05, 3.63) is 47.9 Å². The molecule has 2 N–H and O–H groups in total. The van der Waals surface area contributed by atoms with E-state index in [1.54, 1.807) is 18.2 Å². The van der Waals surface area contributed by atoms with Crippen LogP contribution < -0.4 is 10.1 Å². The summed E-state index contributed by atoms with van der Waals surface area (Å²) >= 11 is 0. The Kier molecular flexibility index (Phi) is 5.40. The molecule has 0 aliphatic carbocycles. The SMILES string of the molecule is OCCNCCc1cc(F)cc(Oc2cccnn2)c1.[HH]. The second-order valence-corrected chi connectivity index (χ2v) is 4.18. The number of ether oxygens (including phenoxy) is 1. The Morgan fingerprint density at radius 3 is 2.95 bits per heavy atom. The molecule has 20 heavy (non-hydrogen) atoms. The number of hydrogen-bond acceptors (Lipinski definition) is 5. The van der Waals surface area contributed by atoms with Crippen LogP contribution in [0.5, 0.6) is 11.6 Å². The van der Waals surface area contributed by atoms with Gasteiger partial charge in [0.2, 0.25) is 5.88 Å². The molecule has 0 saturated carbocycles. The molecule has 0 aliphatic heterocycles. The van der Waals surface area contributed by atoms with Gasteiger partial charge in [-0.15, -0.1) is 5.10 Å². The standard InChI is InChI=1S/C14H16FN3O2.H2/c15-12-8-11(3-5-16-6-7-19)9-13(10-12)20-14-2-1-4-17-18-14;/h1-2,4,8-10,16,19H,3,5-7H2;1H. The molecule has 6 heteroatoms.